The summed E-state index contributed by atoms with van der Waals surface area (Å²) in [5.74, 6) is 0. The van der Waals surface area contributed by atoms with Gasteiger partial charge in [-0.25, -0.2) is 0 Å². The van der Waals surface area contributed by atoms with Gasteiger partial charge in [0.25, 0.3) is 0 Å². The summed E-state index contributed by atoms with van der Waals surface area (Å²) in [6.45, 7) is 6.88. The summed E-state index contributed by atoms with van der Waals surface area (Å²) >= 11 is 1.93. The Kier molecular flexibility index (Phi) is 4.06. The lowest BCUT2D eigenvalue weighted by Gasteiger charge is -2.23. The van der Waals surface area contributed by atoms with E-state index in [1.54, 1.807) is 0 Å². The van der Waals surface area contributed by atoms with Crippen LogP contribution in [0.25, 0.3) is 43.2 Å². The van der Waals surface area contributed by atoms with Gasteiger partial charge in [-0.2, -0.15) is 0 Å². The van der Waals surface area contributed by atoms with Crippen LogP contribution in [0.5, 0.6) is 0 Å². The van der Waals surface area contributed by atoms with Gasteiger partial charge in [0.15, 0.2) is 0 Å². The van der Waals surface area contributed by atoms with Gasteiger partial charge in [0, 0.05) is 44.7 Å². The Morgan fingerprint density at radius 3 is 2.68 bits per heavy atom. The first-order valence-electron chi connectivity index (χ1n) is 10.9. The lowest BCUT2D eigenvalue weighted by molar-refractivity contribution is 0.596. The zero-order valence-electron chi connectivity index (χ0n) is 18.1. The number of fused-ring (bicyclic) bond motifs is 6. The van der Waals surface area contributed by atoms with Gasteiger partial charge in [-0.15, -0.1) is 11.3 Å². The second-order valence-corrected chi connectivity index (χ2v) is 10.6. The largest absolute Gasteiger partial charge is 0.264 e. The molecule has 0 atom stereocenters. The molecule has 0 unspecified atom stereocenters. The average Bonchev–Trinajstić information content (AvgIpc) is 3.17. The SMILES string of the molecule is CC(C)(C)c1cc(-c2nccc3sc4c(c23)-c2ccncc2CC4)cc2ccccc12. The minimum atomic E-state index is 0.0514. The number of hydrogen-bond acceptors (Lipinski definition) is 3. The van der Waals surface area contributed by atoms with Crippen LogP contribution in [0.2, 0.25) is 0 Å². The number of pyridine rings is 2. The molecule has 0 N–H and O–H groups in total. The molecule has 3 aromatic heterocycles. The predicted octanol–water partition coefficient (Wildman–Crippen LogP) is 7.57. The van der Waals surface area contributed by atoms with Crippen LogP contribution in [0, 0.1) is 0 Å². The molecule has 0 radical (unpaired) electrons. The molecule has 31 heavy (non-hydrogen) atoms. The van der Waals surface area contributed by atoms with Gasteiger partial charge in [0.2, 0.25) is 0 Å². The molecule has 0 spiro atoms. The maximum atomic E-state index is 4.95. The first-order chi connectivity index (χ1) is 15.0. The third-order valence-corrected chi connectivity index (χ3v) is 7.63. The summed E-state index contributed by atoms with van der Waals surface area (Å²) in [6, 6.07) is 17.8. The van der Waals surface area contributed by atoms with E-state index in [1.165, 1.54) is 53.6 Å². The molecule has 3 heteroatoms. The molecule has 5 aromatic rings. The molecule has 0 fully saturated rings. The van der Waals surface area contributed by atoms with Crippen LogP contribution < -0.4 is 0 Å². The molecule has 0 amide bonds. The van der Waals surface area contributed by atoms with Crippen LogP contribution >= 0.6 is 11.3 Å². The Labute approximate surface area is 186 Å². The number of aromatic nitrogens is 2. The molecule has 0 aliphatic heterocycles. The standard InChI is InChI=1S/C28H24N2S/c1-28(2,3)22-15-19(14-17-6-4-5-7-20(17)22)27-26-24(11-13-30-27)31-23-9-8-18-16-29-12-10-21(18)25(23)26/h4-7,10-16H,8-9H2,1-3H3. The molecule has 152 valence electrons. The predicted molar refractivity (Wildman–Crippen MR) is 132 cm³/mol. The van der Waals surface area contributed by atoms with Gasteiger partial charge in [-0.05, 0) is 70.0 Å². The van der Waals surface area contributed by atoms with Crippen LogP contribution in [0.15, 0.2) is 67.1 Å². The van der Waals surface area contributed by atoms with Crippen molar-refractivity contribution in [2.24, 2.45) is 0 Å². The monoisotopic (exact) mass is 420 g/mol. The Bertz CT molecular complexity index is 1470. The Hall–Kier alpha value is -3.04. The fourth-order valence-electron chi connectivity index (χ4n) is 4.96. The summed E-state index contributed by atoms with van der Waals surface area (Å²) in [4.78, 5) is 10.8. The number of rotatable bonds is 1. The molecule has 0 saturated carbocycles. The van der Waals surface area contributed by atoms with Gasteiger partial charge in [-0.1, -0.05) is 45.0 Å². The summed E-state index contributed by atoms with van der Waals surface area (Å²) < 4.78 is 1.32. The molecule has 2 nitrogen and oxygen atoms in total. The number of nitrogens with zero attached hydrogens (tertiary/aromatic N) is 2. The second kappa shape index (κ2) is 6.73. The first kappa shape index (κ1) is 18.7. The summed E-state index contributed by atoms with van der Waals surface area (Å²) in [5, 5.41) is 3.90. The summed E-state index contributed by atoms with van der Waals surface area (Å²) in [7, 11) is 0. The first-order valence-corrected chi connectivity index (χ1v) is 11.7. The Balaban J connectivity index is 1.69. The van der Waals surface area contributed by atoms with Crippen molar-refractivity contribution in [1.29, 1.82) is 0 Å². The molecule has 2 aromatic carbocycles. The fraction of sp³-hybridized carbons (Fsp3) is 0.214. The minimum Gasteiger partial charge on any atom is -0.264 e. The zero-order valence-corrected chi connectivity index (χ0v) is 18.9. The summed E-state index contributed by atoms with van der Waals surface area (Å²) in [5.41, 5.74) is 7.76. The third-order valence-electron chi connectivity index (χ3n) is 6.41. The minimum absolute atomic E-state index is 0.0514. The molecular formula is C28H24N2S. The molecule has 1 aliphatic carbocycles. The van der Waals surface area contributed by atoms with Crippen molar-refractivity contribution >= 4 is 32.2 Å². The molecular weight excluding hydrogens is 396 g/mol. The van der Waals surface area contributed by atoms with Crippen LogP contribution in [0.1, 0.15) is 36.8 Å². The van der Waals surface area contributed by atoms with Crippen LogP contribution in [0.3, 0.4) is 0 Å². The van der Waals surface area contributed by atoms with Crippen molar-refractivity contribution in [3.63, 3.8) is 0 Å². The molecule has 0 saturated heterocycles. The van der Waals surface area contributed by atoms with Crippen LogP contribution in [0.4, 0.5) is 0 Å². The van der Waals surface area contributed by atoms with E-state index < -0.39 is 0 Å². The number of benzene rings is 2. The smallest absolute Gasteiger partial charge is 0.0795 e. The second-order valence-electron chi connectivity index (χ2n) is 9.46. The molecule has 0 bridgehead atoms. The van der Waals surface area contributed by atoms with E-state index in [9.17, 15) is 0 Å². The Morgan fingerprint density at radius 1 is 0.935 bits per heavy atom. The van der Waals surface area contributed by atoms with E-state index in [1.807, 2.05) is 29.9 Å². The van der Waals surface area contributed by atoms with Crippen LogP contribution in [-0.2, 0) is 18.3 Å². The van der Waals surface area contributed by atoms with Gasteiger partial charge < -0.3 is 0 Å². The topological polar surface area (TPSA) is 25.8 Å². The fourth-order valence-corrected chi connectivity index (χ4v) is 6.17. The maximum Gasteiger partial charge on any atom is 0.0795 e. The number of aryl methyl sites for hydroxylation is 2. The highest BCUT2D eigenvalue weighted by Gasteiger charge is 2.25. The average molecular weight is 421 g/mol. The van der Waals surface area contributed by atoms with E-state index in [0.29, 0.717) is 0 Å². The van der Waals surface area contributed by atoms with Crippen molar-refractivity contribution in [1.82, 2.24) is 9.97 Å². The third kappa shape index (κ3) is 2.91. The van der Waals surface area contributed by atoms with E-state index in [0.717, 1.165) is 18.5 Å². The van der Waals surface area contributed by atoms with Crippen molar-refractivity contribution in [2.75, 3.05) is 0 Å². The molecule has 6 rings (SSSR count). The van der Waals surface area contributed by atoms with E-state index in [4.69, 9.17) is 4.98 Å². The summed E-state index contributed by atoms with van der Waals surface area (Å²) in [6.07, 6.45) is 8.07. The lowest BCUT2D eigenvalue weighted by Crippen LogP contribution is -2.12. The normalized spacial score (nSPS) is 13.4. The van der Waals surface area contributed by atoms with Gasteiger partial charge >= 0.3 is 0 Å². The van der Waals surface area contributed by atoms with E-state index in [-0.39, 0.29) is 5.41 Å². The van der Waals surface area contributed by atoms with Gasteiger partial charge in [0.1, 0.15) is 0 Å². The van der Waals surface area contributed by atoms with Gasteiger partial charge in [-0.3, -0.25) is 9.97 Å². The number of hydrogen-bond donors (Lipinski definition) is 0. The van der Waals surface area contributed by atoms with Crippen molar-refractivity contribution in [2.45, 2.75) is 39.0 Å². The van der Waals surface area contributed by atoms with Crippen molar-refractivity contribution in [3.05, 3.63) is 83.1 Å². The number of thiophene rings is 1. The highest BCUT2D eigenvalue weighted by molar-refractivity contribution is 7.19. The lowest BCUT2D eigenvalue weighted by atomic mass is 9.81. The van der Waals surface area contributed by atoms with Crippen LogP contribution in [-0.4, -0.2) is 9.97 Å². The van der Waals surface area contributed by atoms with Gasteiger partial charge in [0.05, 0.1) is 5.69 Å². The van der Waals surface area contributed by atoms with E-state index in [2.05, 4.69) is 74.3 Å². The van der Waals surface area contributed by atoms with Crippen molar-refractivity contribution < 1.29 is 0 Å². The highest BCUT2D eigenvalue weighted by Crippen LogP contribution is 2.47. The van der Waals surface area contributed by atoms with E-state index >= 15 is 0 Å². The van der Waals surface area contributed by atoms with Crippen molar-refractivity contribution in [3.8, 4) is 22.4 Å². The molecule has 3 heterocycles. The molecule has 1 aliphatic rings. The zero-order chi connectivity index (χ0) is 21.2. The Morgan fingerprint density at radius 2 is 1.81 bits per heavy atom. The quantitative estimate of drug-likeness (QED) is 0.279. The highest BCUT2D eigenvalue weighted by atomic mass is 32.1. The maximum absolute atomic E-state index is 4.95.